The van der Waals surface area contributed by atoms with Crippen LogP contribution in [-0.2, 0) is 4.79 Å². The minimum absolute atomic E-state index is 0.256. The van der Waals surface area contributed by atoms with Gasteiger partial charge >= 0.3 is 0 Å². The first-order chi connectivity index (χ1) is 10.2. The normalized spacial score (nSPS) is 17.1. The summed E-state index contributed by atoms with van der Waals surface area (Å²) >= 11 is 0. The lowest BCUT2D eigenvalue weighted by atomic mass is 9.87. The number of fused-ring (bicyclic) bond motifs is 1. The van der Waals surface area contributed by atoms with Crippen LogP contribution in [0.15, 0.2) is 42.6 Å². The second-order valence-electron chi connectivity index (χ2n) is 4.66. The Kier molecular flexibility index (Phi) is 3.39. The largest absolute Gasteiger partial charge is 0.494 e. The van der Waals surface area contributed by atoms with Gasteiger partial charge in [0.1, 0.15) is 17.5 Å². The molecule has 1 aromatic carbocycles. The number of benzene rings is 1. The summed E-state index contributed by atoms with van der Waals surface area (Å²) in [5.74, 6) is -0.657. The number of hydrogen-bond donors (Lipinski definition) is 1. The molecule has 0 fully saturated rings. The highest BCUT2D eigenvalue weighted by atomic mass is 16.5. The minimum Gasteiger partial charge on any atom is -0.494 e. The van der Waals surface area contributed by atoms with Crippen molar-refractivity contribution < 1.29 is 14.3 Å². The first-order valence-electron chi connectivity index (χ1n) is 6.74. The molecule has 1 aliphatic rings. The Morgan fingerprint density at radius 1 is 1.19 bits per heavy atom. The number of Topliss-reactive ketones (excluding diaryl/α,β-unsaturated/α-hetero) is 1. The Hall–Kier alpha value is -2.69. The number of ether oxygens (including phenoxy) is 1. The van der Waals surface area contributed by atoms with E-state index in [1.165, 1.54) is 0 Å². The lowest BCUT2D eigenvalue weighted by molar-refractivity contribution is -0.116. The van der Waals surface area contributed by atoms with Crippen molar-refractivity contribution in [2.24, 2.45) is 0 Å². The first-order valence-corrected chi connectivity index (χ1v) is 6.74. The Morgan fingerprint density at radius 2 is 2.00 bits per heavy atom. The van der Waals surface area contributed by atoms with Gasteiger partial charge in [-0.1, -0.05) is 18.2 Å². The number of carbonyl (C=O) groups is 2. The number of nitrogens with zero attached hydrogens (tertiary/aromatic N) is 1. The molecule has 5 nitrogen and oxygen atoms in total. The summed E-state index contributed by atoms with van der Waals surface area (Å²) in [5, 5.41) is 2.68. The minimum atomic E-state index is -0.899. The summed E-state index contributed by atoms with van der Waals surface area (Å²) in [6.45, 7) is 2.33. The predicted molar refractivity (Wildman–Crippen MR) is 77.5 cm³/mol. The molecular formula is C16H14N2O3. The molecule has 106 valence electrons. The molecular weight excluding hydrogens is 268 g/mol. The van der Waals surface area contributed by atoms with Crippen molar-refractivity contribution in [3.63, 3.8) is 0 Å². The van der Waals surface area contributed by atoms with Gasteiger partial charge in [0.25, 0.3) is 0 Å². The topological polar surface area (TPSA) is 68.3 Å². The summed E-state index contributed by atoms with van der Waals surface area (Å²) in [6.07, 6.45) is 1.54. The maximum atomic E-state index is 12.6. The Morgan fingerprint density at radius 3 is 2.81 bits per heavy atom. The van der Waals surface area contributed by atoms with Crippen molar-refractivity contribution in [2.75, 3.05) is 11.9 Å². The first kappa shape index (κ1) is 13.3. The van der Waals surface area contributed by atoms with E-state index in [4.69, 9.17) is 4.74 Å². The molecule has 2 aromatic rings. The van der Waals surface area contributed by atoms with Crippen molar-refractivity contribution in [3.05, 3.63) is 53.7 Å². The van der Waals surface area contributed by atoms with Crippen molar-refractivity contribution in [1.29, 1.82) is 0 Å². The van der Waals surface area contributed by atoms with E-state index >= 15 is 0 Å². The van der Waals surface area contributed by atoms with Crippen LogP contribution in [0.2, 0.25) is 0 Å². The molecule has 1 aliphatic heterocycles. The molecule has 0 aliphatic carbocycles. The Balaban J connectivity index is 2.08. The number of para-hydroxylation sites is 1. The SMILES string of the molecule is CCOc1ccccc1C1C(=O)Nc2ncccc2C1=O. The third-order valence-electron chi connectivity index (χ3n) is 3.37. The van der Waals surface area contributed by atoms with Gasteiger partial charge in [0, 0.05) is 11.8 Å². The number of pyridine rings is 1. The highest BCUT2D eigenvalue weighted by molar-refractivity contribution is 6.23. The number of rotatable bonds is 3. The number of ketones is 1. The average Bonchev–Trinajstić information content (AvgIpc) is 2.49. The van der Waals surface area contributed by atoms with E-state index in [0.29, 0.717) is 29.3 Å². The highest BCUT2D eigenvalue weighted by Gasteiger charge is 2.37. The molecule has 0 saturated carbocycles. The summed E-state index contributed by atoms with van der Waals surface area (Å²) in [5.41, 5.74) is 1.00. The lowest BCUT2D eigenvalue weighted by Crippen LogP contribution is -2.34. The van der Waals surface area contributed by atoms with Gasteiger partial charge in [0.2, 0.25) is 5.91 Å². The van der Waals surface area contributed by atoms with Crippen LogP contribution in [0.5, 0.6) is 5.75 Å². The smallest absolute Gasteiger partial charge is 0.241 e. The van der Waals surface area contributed by atoms with Gasteiger partial charge in [-0.3, -0.25) is 9.59 Å². The molecule has 1 aromatic heterocycles. The second-order valence-corrected chi connectivity index (χ2v) is 4.66. The van der Waals surface area contributed by atoms with Gasteiger partial charge < -0.3 is 10.1 Å². The van der Waals surface area contributed by atoms with Gasteiger partial charge in [0.05, 0.1) is 12.2 Å². The molecule has 0 bridgehead atoms. The Bertz CT molecular complexity index is 712. The molecule has 3 rings (SSSR count). The van der Waals surface area contributed by atoms with Crippen LogP contribution in [0.25, 0.3) is 0 Å². The van der Waals surface area contributed by atoms with Crippen LogP contribution in [0.4, 0.5) is 5.82 Å². The van der Waals surface area contributed by atoms with E-state index in [0.717, 1.165) is 0 Å². The fourth-order valence-corrected chi connectivity index (χ4v) is 2.46. The zero-order valence-electron chi connectivity index (χ0n) is 11.5. The van der Waals surface area contributed by atoms with Gasteiger partial charge in [-0.25, -0.2) is 4.98 Å². The maximum absolute atomic E-state index is 12.6. The molecule has 2 heterocycles. The number of hydrogen-bond acceptors (Lipinski definition) is 4. The number of amides is 1. The third-order valence-corrected chi connectivity index (χ3v) is 3.37. The second kappa shape index (κ2) is 5.36. The number of nitrogens with one attached hydrogen (secondary N) is 1. The molecule has 1 atom stereocenters. The van der Waals surface area contributed by atoms with Gasteiger partial charge in [-0.05, 0) is 25.1 Å². The van der Waals surface area contributed by atoms with Crippen LogP contribution in [0.1, 0.15) is 28.8 Å². The zero-order chi connectivity index (χ0) is 14.8. The predicted octanol–water partition coefficient (Wildman–Crippen LogP) is 2.40. The van der Waals surface area contributed by atoms with Crippen molar-refractivity contribution in [3.8, 4) is 5.75 Å². The van der Waals surface area contributed by atoms with Crippen LogP contribution < -0.4 is 10.1 Å². The molecule has 0 spiro atoms. The molecule has 21 heavy (non-hydrogen) atoms. The van der Waals surface area contributed by atoms with Crippen LogP contribution in [0, 0.1) is 0 Å². The standard InChI is InChI=1S/C16H14N2O3/c1-2-21-12-8-4-3-6-10(12)13-14(19)11-7-5-9-17-15(11)18-16(13)20/h3-9,13H,2H2,1H3,(H,17,18,20). The number of anilines is 1. The van der Waals surface area contributed by atoms with E-state index in [2.05, 4.69) is 10.3 Å². The monoisotopic (exact) mass is 282 g/mol. The van der Waals surface area contributed by atoms with E-state index in [9.17, 15) is 9.59 Å². The van der Waals surface area contributed by atoms with E-state index in [1.54, 1.807) is 36.5 Å². The molecule has 1 unspecified atom stereocenters. The van der Waals surface area contributed by atoms with Gasteiger partial charge in [-0.15, -0.1) is 0 Å². The lowest BCUT2D eigenvalue weighted by Gasteiger charge is -2.24. The van der Waals surface area contributed by atoms with Gasteiger partial charge in [0.15, 0.2) is 5.78 Å². The van der Waals surface area contributed by atoms with Crippen LogP contribution in [-0.4, -0.2) is 23.3 Å². The van der Waals surface area contributed by atoms with E-state index < -0.39 is 5.92 Å². The maximum Gasteiger partial charge on any atom is 0.241 e. The molecule has 0 saturated heterocycles. The molecule has 0 radical (unpaired) electrons. The van der Waals surface area contributed by atoms with Gasteiger partial charge in [-0.2, -0.15) is 0 Å². The molecule has 1 amide bonds. The average molecular weight is 282 g/mol. The summed E-state index contributed by atoms with van der Waals surface area (Å²) < 4.78 is 5.53. The third kappa shape index (κ3) is 2.27. The number of carbonyl (C=O) groups excluding carboxylic acids is 2. The molecule has 1 N–H and O–H groups in total. The summed E-state index contributed by atoms with van der Waals surface area (Å²) in [4.78, 5) is 28.9. The number of aromatic nitrogens is 1. The van der Waals surface area contributed by atoms with Crippen molar-refractivity contribution in [2.45, 2.75) is 12.8 Å². The van der Waals surface area contributed by atoms with Crippen LogP contribution >= 0.6 is 0 Å². The molecule has 5 heteroatoms. The van der Waals surface area contributed by atoms with Crippen molar-refractivity contribution >= 4 is 17.5 Å². The van der Waals surface area contributed by atoms with Crippen LogP contribution in [0.3, 0.4) is 0 Å². The zero-order valence-corrected chi connectivity index (χ0v) is 11.5. The summed E-state index contributed by atoms with van der Waals surface area (Å²) in [7, 11) is 0. The fraction of sp³-hybridized carbons (Fsp3) is 0.188. The fourth-order valence-electron chi connectivity index (χ4n) is 2.46. The summed E-state index contributed by atoms with van der Waals surface area (Å²) in [6, 6.07) is 10.5. The quantitative estimate of drug-likeness (QED) is 0.878. The van der Waals surface area contributed by atoms with E-state index in [1.807, 2.05) is 13.0 Å². The Labute approximate surface area is 122 Å². The highest BCUT2D eigenvalue weighted by Crippen LogP contribution is 2.34. The van der Waals surface area contributed by atoms with E-state index in [-0.39, 0.29) is 11.7 Å². The van der Waals surface area contributed by atoms with Crippen molar-refractivity contribution in [1.82, 2.24) is 4.98 Å².